The molecule has 1 spiro atoms. The smallest absolute Gasteiger partial charge is 0.170 e. The Morgan fingerprint density at radius 1 is 1.00 bits per heavy atom. The summed E-state index contributed by atoms with van der Waals surface area (Å²) in [6.07, 6.45) is 1.92. The molecule has 3 heterocycles. The van der Waals surface area contributed by atoms with E-state index in [0.29, 0.717) is 22.8 Å². The lowest BCUT2D eigenvalue weighted by atomic mass is 9.81. The number of ketones is 1. The Morgan fingerprint density at radius 2 is 1.72 bits per heavy atom. The van der Waals surface area contributed by atoms with E-state index in [0.717, 1.165) is 54.1 Å². The van der Waals surface area contributed by atoms with Gasteiger partial charge in [0.15, 0.2) is 11.6 Å². The van der Waals surface area contributed by atoms with Crippen LogP contribution in [0.2, 0.25) is 5.02 Å². The number of anilines is 1. The Morgan fingerprint density at radius 3 is 2.38 bits per heavy atom. The summed E-state index contributed by atoms with van der Waals surface area (Å²) in [5, 5.41) is 9.56. The minimum absolute atomic E-state index is 0.126. The van der Waals surface area contributed by atoms with E-state index in [2.05, 4.69) is 46.3 Å². The summed E-state index contributed by atoms with van der Waals surface area (Å²) < 4.78 is 6.48. The summed E-state index contributed by atoms with van der Waals surface area (Å²) in [5.41, 5.74) is 5.10. The summed E-state index contributed by atoms with van der Waals surface area (Å²) in [4.78, 5) is 15.2. The first-order chi connectivity index (χ1) is 15.3. The van der Waals surface area contributed by atoms with Gasteiger partial charge in [0.2, 0.25) is 0 Å². The van der Waals surface area contributed by atoms with Crippen LogP contribution in [0, 0.1) is 20.8 Å². The molecule has 2 aliphatic heterocycles. The van der Waals surface area contributed by atoms with Crippen LogP contribution >= 0.6 is 11.6 Å². The second-order valence-electron chi connectivity index (χ2n) is 9.02. The number of hydrogen-bond acceptors (Lipinski definition) is 5. The Labute approximate surface area is 193 Å². The van der Waals surface area contributed by atoms with Crippen LogP contribution < -0.4 is 9.64 Å². The van der Waals surface area contributed by atoms with Gasteiger partial charge in [-0.1, -0.05) is 41.4 Å². The van der Waals surface area contributed by atoms with E-state index in [1.54, 1.807) is 0 Å². The van der Waals surface area contributed by atoms with Crippen LogP contribution in [0.5, 0.6) is 5.75 Å². The molecule has 0 unspecified atom stereocenters. The van der Waals surface area contributed by atoms with Gasteiger partial charge in [0.1, 0.15) is 11.4 Å². The highest BCUT2D eigenvalue weighted by Crippen LogP contribution is 2.43. The molecule has 1 saturated heterocycles. The average molecular weight is 448 g/mol. The number of hydrogen-bond donors (Lipinski definition) is 0. The first-order valence-corrected chi connectivity index (χ1v) is 11.4. The van der Waals surface area contributed by atoms with Gasteiger partial charge in [-0.25, -0.2) is 0 Å². The zero-order chi connectivity index (χ0) is 22.5. The number of carbonyl (C=O) groups is 1. The first kappa shape index (κ1) is 21.0. The molecule has 0 amide bonds. The summed E-state index contributed by atoms with van der Waals surface area (Å²) in [7, 11) is 0. The molecular weight excluding hydrogens is 422 g/mol. The van der Waals surface area contributed by atoms with Gasteiger partial charge >= 0.3 is 0 Å². The Kier molecular flexibility index (Phi) is 5.17. The van der Waals surface area contributed by atoms with Gasteiger partial charge in [0.05, 0.1) is 17.7 Å². The molecule has 5 rings (SSSR count). The summed E-state index contributed by atoms with van der Waals surface area (Å²) in [6, 6.07) is 14.2. The summed E-state index contributed by atoms with van der Waals surface area (Å²) in [6.45, 7) is 7.46. The molecule has 2 aliphatic rings. The van der Waals surface area contributed by atoms with Gasteiger partial charge in [-0.3, -0.25) is 4.79 Å². The minimum Gasteiger partial charge on any atom is -0.486 e. The number of Topliss-reactive ketones (excluding diaryl/α,β-unsaturated/α-hetero) is 1. The highest BCUT2D eigenvalue weighted by atomic mass is 35.5. The monoisotopic (exact) mass is 447 g/mol. The Bertz CT molecular complexity index is 1180. The molecule has 0 bridgehead atoms. The fourth-order valence-corrected chi connectivity index (χ4v) is 4.94. The van der Waals surface area contributed by atoms with E-state index in [1.165, 1.54) is 5.56 Å². The van der Waals surface area contributed by atoms with Crippen LogP contribution in [-0.2, 0) is 0 Å². The number of ether oxygens (including phenoxy) is 1. The van der Waals surface area contributed by atoms with Crippen LogP contribution in [0.15, 0.2) is 42.5 Å². The van der Waals surface area contributed by atoms with Crippen LogP contribution in [-0.4, -0.2) is 34.7 Å². The van der Waals surface area contributed by atoms with Gasteiger partial charge in [0, 0.05) is 36.5 Å². The zero-order valence-corrected chi connectivity index (χ0v) is 19.4. The highest BCUT2D eigenvalue weighted by Gasteiger charge is 2.44. The standard InChI is InChI=1S/C26H26ClN3O2/c1-16-4-6-19(7-5-16)20-8-9-23(29-28-20)30-12-10-26(11-13-30)15-21(31)24-18(3)25(27)17(2)14-22(24)32-26/h4-9,14H,10-13,15H2,1-3H3. The number of nitrogens with zero attached hydrogens (tertiary/aromatic N) is 3. The van der Waals surface area contributed by atoms with Crippen molar-refractivity contribution in [3.05, 3.63) is 69.7 Å². The predicted octanol–water partition coefficient (Wildman–Crippen LogP) is 5.73. The van der Waals surface area contributed by atoms with E-state index in [1.807, 2.05) is 32.0 Å². The van der Waals surface area contributed by atoms with Crippen molar-refractivity contribution in [2.75, 3.05) is 18.0 Å². The molecule has 0 saturated carbocycles. The van der Waals surface area contributed by atoms with E-state index in [9.17, 15) is 4.79 Å². The third kappa shape index (κ3) is 3.65. The number of fused-ring (bicyclic) bond motifs is 1. The van der Waals surface area contributed by atoms with Crippen molar-refractivity contribution in [3.8, 4) is 17.0 Å². The van der Waals surface area contributed by atoms with Crippen molar-refractivity contribution >= 4 is 23.2 Å². The maximum absolute atomic E-state index is 13.0. The molecule has 2 aromatic carbocycles. The number of rotatable bonds is 2. The van der Waals surface area contributed by atoms with E-state index < -0.39 is 5.60 Å². The quantitative estimate of drug-likeness (QED) is 0.502. The summed E-state index contributed by atoms with van der Waals surface area (Å²) in [5.74, 6) is 1.66. The summed E-state index contributed by atoms with van der Waals surface area (Å²) >= 11 is 6.37. The van der Waals surface area contributed by atoms with Gasteiger partial charge < -0.3 is 9.64 Å². The first-order valence-electron chi connectivity index (χ1n) is 11.0. The van der Waals surface area contributed by atoms with Gasteiger partial charge in [-0.2, -0.15) is 0 Å². The van der Waals surface area contributed by atoms with Crippen LogP contribution in [0.25, 0.3) is 11.3 Å². The number of halogens is 1. The van der Waals surface area contributed by atoms with Crippen molar-refractivity contribution < 1.29 is 9.53 Å². The second kappa shape index (κ2) is 7.89. The third-order valence-corrected chi connectivity index (χ3v) is 7.31. The zero-order valence-electron chi connectivity index (χ0n) is 18.6. The van der Waals surface area contributed by atoms with Gasteiger partial charge in [-0.05, 0) is 50.1 Å². The van der Waals surface area contributed by atoms with Crippen molar-refractivity contribution in [3.63, 3.8) is 0 Å². The maximum atomic E-state index is 13.0. The van der Waals surface area contributed by atoms with Gasteiger partial charge in [0.25, 0.3) is 0 Å². The number of piperidine rings is 1. The second-order valence-corrected chi connectivity index (χ2v) is 9.40. The maximum Gasteiger partial charge on any atom is 0.170 e. The third-order valence-electron chi connectivity index (χ3n) is 6.73. The largest absolute Gasteiger partial charge is 0.486 e. The minimum atomic E-state index is -0.456. The number of aromatic nitrogens is 2. The lowest BCUT2D eigenvalue weighted by Gasteiger charge is -2.44. The number of benzene rings is 2. The average Bonchev–Trinajstić information content (AvgIpc) is 2.78. The molecule has 5 nitrogen and oxygen atoms in total. The van der Waals surface area contributed by atoms with Crippen molar-refractivity contribution in [2.45, 2.75) is 45.6 Å². The molecule has 1 aromatic heterocycles. The molecule has 0 N–H and O–H groups in total. The molecule has 0 atom stereocenters. The van der Waals surface area contributed by atoms with Gasteiger partial charge in [-0.15, -0.1) is 10.2 Å². The lowest BCUT2D eigenvalue weighted by molar-refractivity contribution is 0.0229. The van der Waals surface area contributed by atoms with E-state index in [4.69, 9.17) is 16.3 Å². The number of aryl methyl sites for hydroxylation is 2. The molecule has 0 radical (unpaired) electrons. The van der Waals surface area contributed by atoms with Crippen molar-refractivity contribution in [2.24, 2.45) is 0 Å². The van der Waals surface area contributed by atoms with Crippen LogP contribution in [0.1, 0.15) is 46.3 Å². The molecule has 32 heavy (non-hydrogen) atoms. The number of carbonyl (C=O) groups excluding carboxylic acids is 1. The Balaban J connectivity index is 1.31. The fraction of sp³-hybridized carbons (Fsp3) is 0.346. The molecule has 0 aliphatic carbocycles. The predicted molar refractivity (Wildman–Crippen MR) is 127 cm³/mol. The van der Waals surface area contributed by atoms with E-state index in [-0.39, 0.29) is 5.78 Å². The topological polar surface area (TPSA) is 55.3 Å². The highest BCUT2D eigenvalue weighted by molar-refractivity contribution is 6.32. The van der Waals surface area contributed by atoms with Crippen molar-refractivity contribution in [1.82, 2.24) is 10.2 Å². The Hall–Kier alpha value is -2.92. The molecular formula is C26H26ClN3O2. The lowest BCUT2D eigenvalue weighted by Crippen LogP contribution is -2.51. The van der Waals surface area contributed by atoms with E-state index >= 15 is 0 Å². The normalized spacial score (nSPS) is 17.2. The molecule has 164 valence electrons. The molecule has 1 fully saturated rings. The fourth-order valence-electron chi connectivity index (χ4n) is 4.79. The molecule has 3 aromatic rings. The van der Waals surface area contributed by atoms with Crippen molar-refractivity contribution in [1.29, 1.82) is 0 Å². The molecule has 6 heteroatoms. The SMILES string of the molecule is Cc1ccc(-c2ccc(N3CCC4(CC3)CC(=O)c3c(cc(C)c(Cl)c3C)O4)nn2)cc1. The van der Waals surface area contributed by atoms with Crippen LogP contribution in [0.3, 0.4) is 0 Å². The van der Waals surface area contributed by atoms with Crippen LogP contribution in [0.4, 0.5) is 5.82 Å².